The van der Waals surface area contributed by atoms with Gasteiger partial charge in [0.1, 0.15) is 5.58 Å². The van der Waals surface area contributed by atoms with Gasteiger partial charge in [-0.15, -0.1) is 12.4 Å². The summed E-state index contributed by atoms with van der Waals surface area (Å²) >= 11 is 0. The topological polar surface area (TPSA) is 16.4 Å². The first kappa shape index (κ1) is 16.3. The minimum absolute atomic E-state index is 0. The SMILES string of the molecule is CN(C/C=C/c1ccccc1)Cc1coc2ccccc12.Cl. The van der Waals surface area contributed by atoms with E-state index < -0.39 is 0 Å². The summed E-state index contributed by atoms with van der Waals surface area (Å²) in [5.74, 6) is 0. The van der Waals surface area contributed by atoms with Gasteiger partial charge in [-0.25, -0.2) is 0 Å². The molecule has 0 aliphatic heterocycles. The number of likely N-dealkylation sites (N-methyl/N-ethyl adjacent to an activating group) is 1. The first-order chi connectivity index (χ1) is 10.3. The zero-order valence-corrected chi connectivity index (χ0v) is 13.4. The van der Waals surface area contributed by atoms with Gasteiger partial charge in [-0.1, -0.05) is 60.7 Å². The molecule has 0 N–H and O–H groups in total. The summed E-state index contributed by atoms with van der Waals surface area (Å²) in [6, 6.07) is 18.5. The van der Waals surface area contributed by atoms with E-state index in [1.165, 1.54) is 16.5 Å². The van der Waals surface area contributed by atoms with Crippen LogP contribution in [0.25, 0.3) is 17.0 Å². The molecule has 0 radical (unpaired) electrons. The Morgan fingerprint density at radius 1 is 1.00 bits per heavy atom. The molecular weight excluding hydrogens is 294 g/mol. The van der Waals surface area contributed by atoms with Crippen LogP contribution in [0.5, 0.6) is 0 Å². The monoisotopic (exact) mass is 313 g/mol. The fraction of sp³-hybridized carbons (Fsp3) is 0.158. The molecular formula is C19H20ClNO. The van der Waals surface area contributed by atoms with E-state index in [0.717, 1.165) is 18.7 Å². The van der Waals surface area contributed by atoms with Crippen LogP contribution in [0.15, 0.2) is 71.4 Å². The van der Waals surface area contributed by atoms with Crippen molar-refractivity contribution < 1.29 is 4.42 Å². The fourth-order valence-corrected chi connectivity index (χ4v) is 2.44. The third kappa shape index (κ3) is 4.00. The molecule has 1 heterocycles. The maximum atomic E-state index is 5.58. The van der Waals surface area contributed by atoms with E-state index in [-0.39, 0.29) is 12.4 Å². The minimum atomic E-state index is 0. The highest BCUT2D eigenvalue weighted by Crippen LogP contribution is 2.21. The molecule has 3 heteroatoms. The van der Waals surface area contributed by atoms with Crippen molar-refractivity contribution in [3.63, 3.8) is 0 Å². The molecule has 0 amide bonds. The number of nitrogens with zero attached hydrogens (tertiary/aromatic N) is 1. The molecule has 0 atom stereocenters. The highest BCUT2D eigenvalue weighted by Gasteiger charge is 2.06. The summed E-state index contributed by atoms with van der Waals surface area (Å²) < 4.78 is 5.58. The second kappa shape index (κ2) is 7.83. The van der Waals surface area contributed by atoms with Gasteiger partial charge < -0.3 is 4.42 Å². The number of halogens is 1. The Bertz CT molecular complexity index is 733. The summed E-state index contributed by atoms with van der Waals surface area (Å²) in [4.78, 5) is 2.27. The van der Waals surface area contributed by atoms with Gasteiger partial charge in [-0.05, 0) is 18.7 Å². The lowest BCUT2D eigenvalue weighted by Crippen LogP contribution is -2.17. The van der Waals surface area contributed by atoms with Crippen molar-refractivity contribution in [2.45, 2.75) is 6.54 Å². The van der Waals surface area contributed by atoms with Crippen molar-refractivity contribution >= 4 is 29.5 Å². The molecule has 114 valence electrons. The van der Waals surface area contributed by atoms with Gasteiger partial charge in [0.25, 0.3) is 0 Å². The number of para-hydroxylation sites is 1. The van der Waals surface area contributed by atoms with Gasteiger partial charge in [-0.2, -0.15) is 0 Å². The Kier molecular flexibility index (Phi) is 5.82. The molecule has 2 aromatic carbocycles. The third-order valence-electron chi connectivity index (χ3n) is 3.53. The number of furan rings is 1. The highest BCUT2D eigenvalue weighted by atomic mass is 35.5. The summed E-state index contributed by atoms with van der Waals surface area (Å²) in [5, 5.41) is 1.20. The van der Waals surface area contributed by atoms with Crippen molar-refractivity contribution in [1.29, 1.82) is 0 Å². The quantitative estimate of drug-likeness (QED) is 0.659. The fourth-order valence-electron chi connectivity index (χ4n) is 2.44. The Morgan fingerprint density at radius 2 is 1.73 bits per heavy atom. The average molecular weight is 314 g/mol. The molecule has 3 aromatic rings. The van der Waals surface area contributed by atoms with Crippen LogP contribution in [-0.2, 0) is 6.54 Å². The first-order valence-electron chi connectivity index (χ1n) is 7.18. The predicted molar refractivity (Wildman–Crippen MR) is 95.3 cm³/mol. The number of hydrogen-bond donors (Lipinski definition) is 0. The normalized spacial score (nSPS) is 11.2. The predicted octanol–water partition coefficient (Wildman–Crippen LogP) is 5.00. The van der Waals surface area contributed by atoms with Crippen molar-refractivity contribution in [3.8, 4) is 0 Å². The molecule has 0 aliphatic rings. The Labute approximate surface area is 137 Å². The van der Waals surface area contributed by atoms with Gasteiger partial charge in [-0.3, -0.25) is 4.90 Å². The number of benzene rings is 2. The van der Waals surface area contributed by atoms with Crippen LogP contribution in [0.2, 0.25) is 0 Å². The molecule has 0 saturated carbocycles. The summed E-state index contributed by atoms with van der Waals surface area (Å²) in [7, 11) is 2.12. The minimum Gasteiger partial charge on any atom is -0.464 e. The Hall–Kier alpha value is -2.03. The summed E-state index contributed by atoms with van der Waals surface area (Å²) in [6.07, 6.45) is 6.21. The lowest BCUT2D eigenvalue weighted by Gasteiger charge is -2.13. The van der Waals surface area contributed by atoms with Gasteiger partial charge in [0.2, 0.25) is 0 Å². The van der Waals surface area contributed by atoms with Crippen LogP contribution in [-0.4, -0.2) is 18.5 Å². The lowest BCUT2D eigenvalue weighted by atomic mass is 10.1. The molecule has 0 spiro atoms. The van der Waals surface area contributed by atoms with E-state index >= 15 is 0 Å². The van der Waals surface area contributed by atoms with E-state index in [4.69, 9.17) is 4.42 Å². The van der Waals surface area contributed by atoms with Crippen LogP contribution < -0.4 is 0 Å². The van der Waals surface area contributed by atoms with Crippen molar-refractivity contribution in [2.24, 2.45) is 0 Å². The molecule has 1 aromatic heterocycles. The van der Waals surface area contributed by atoms with E-state index in [1.54, 1.807) is 0 Å². The number of rotatable bonds is 5. The van der Waals surface area contributed by atoms with Crippen molar-refractivity contribution in [1.82, 2.24) is 4.90 Å². The van der Waals surface area contributed by atoms with Gasteiger partial charge in [0.15, 0.2) is 0 Å². The standard InChI is InChI=1S/C19H19NO.ClH/c1-20(13-7-10-16-8-3-2-4-9-16)14-17-15-21-19-12-6-5-11-18(17)19;/h2-12,15H,13-14H2,1H3;1H/b10-7+;. The molecule has 0 fully saturated rings. The van der Waals surface area contributed by atoms with Gasteiger partial charge >= 0.3 is 0 Å². The van der Waals surface area contributed by atoms with Crippen LogP contribution in [0.1, 0.15) is 11.1 Å². The number of fused-ring (bicyclic) bond motifs is 1. The third-order valence-corrected chi connectivity index (χ3v) is 3.53. The number of hydrogen-bond acceptors (Lipinski definition) is 2. The Morgan fingerprint density at radius 3 is 2.55 bits per heavy atom. The largest absolute Gasteiger partial charge is 0.464 e. The zero-order valence-electron chi connectivity index (χ0n) is 12.6. The zero-order chi connectivity index (χ0) is 14.5. The lowest BCUT2D eigenvalue weighted by molar-refractivity contribution is 0.363. The molecule has 0 saturated heterocycles. The van der Waals surface area contributed by atoms with Gasteiger partial charge in [0.05, 0.1) is 6.26 Å². The summed E-state index contributed by atoms with van der Waals surface area (Å²) in [5.41, 5.74) is 3.43. The molecule has 2 nitrogen and oxygen atoms in total. The highest BCUT2D eigenvalue weighted by molar-refractivity contribution is 5.85. The van der Waals surface area contributed by atoms with Gasteiger partial charge in [0, 0.05) is 24.0 Å². The van der Waals surface area contributed by atoms with Crippen LogP contribution in [0.3, 0.4) is 0 Å². The molecule has 22 heavy (non-hydrogen) atoms. The molecule has 3 rings (SSSR count). The summed E-state index contributed by atoms with van der Waals surface area (Å²) in [6.45, 7) is 1.80. The second-order valence-corrected chi connectivity index (χ2v) is 5.27. The van der Waals surface area contributed by atoms with Crippen molar-refractivity contribution in [2.75, 3.05) is 13.6 Å². The van der Waals surface area contributed by atoms with E-state index in [9.17, 15) is 0 Å². The van der Waals surface area contributed by atoms with Crippen LogP contribution >= 0.6 is 12.4 Å². The van der Waals surface area contributed by atoms with E-state index in [1.807, 2.05) is 24.5 Å². The smallest absolute Gasteiger partial charge is 0.134 e. The average Bonchev–Trinajstić information content (AvgIpc) is 2.92. The van der Waals surface area contributed by atoms with E-state index in [0.29, 0.717) is 0 Å². The molecule has 0 aliphatic carbocycles. The second-order valence-electron chi connectivity index (χ2n) is 5.27. The van der Waals surface area contributed by atoms with Crippen molar-refractivity contribution in [3.05, 3.63) is 78.1 Å². The molecule has 0 bridgehead atoms. The Balaban J connectivity index is 0.00000176. The maximum Gasteiger partial charge on any atom is 0.134 e. The first-order valence-corrected chi connectivity index (χ1v) is 7.18. The maximum absolute atomic E-state index is 5.58. The van der Waals surface area contributed by atoms with E-state index in [2.05, 4.69) is 60.5 Å². The van der Waals surface area contributed by atoms with Crippen LogP contribution in [0, 0.1) is 0 Å². The molecule has 0 unspecified atom stereocenters. The van der Waals surface area contributed by atoms with Crippen LogP contribution in [0.4, 0.5) is 0 Å².